The molecular formula is C24H26N2O5. The number of likely N-dealkylation sites (N-methyl/N-ethyl adjacent to an activating group) is 1. The molecule has 2 aliphatic heterocycles. The van der Waals surface area contributed by atoms with E-state index in [0.29, 0.717) is 31.4 Å². The largest absolute Gasteiger partial charge is 0.504 e. The number of benzene rings is 1. The number of amides is 1. The zero-order chi connectivity index (χ0) is 21.4. The van der Waals surface area contributed by atoms with E-state index in [1.54, 1.807) is 48.8 Å². The Hall–Kier alpha value is -2.77. The summed E-state index contributed by atoms with van der Waals surface area (Å²) in [4.78, 5) is 14.7. The Balaban J connectivity index is 1.41. The molecule has 3 N–H and O–H groups in total. The highest BCUT2D eigenvalue weighted by molar-refractivity contribution is 5.91. The number of aliphatic hydroxyl groups is 1. The number of hydrogen-bond donors (Lipinski definition) is 3. The van der Waals surface area contributed by atoms with Crippen molar-refractivity contribution in [3.8, 4) is 11.5 Å². The van der Waals surface area contributed by atoms with E-state index in [1.807, 2.05) is 6.07 Å². The summed E-state index contributed by atoms with van der Waals surface area (Å²) in [6.45, 7) is 0.770. The zero-order valence-corrected chi connectivity index (χ0v) is 17.4. The van der Waals surface area contributed by atoms with Crippen LogP contribution in [0.2, 0.25) is 0 Å². The first-order chi connectivity index (χ1) is 15.0. The molecule has 5 atom stereocenters. The van der Waals surface area contributed by atoms with Gasteiger partial charge in [-0.25, -0.2) is 0 Å². The number of nitrogens with zero attached hydrogens (tertiary/aromatic N) is 1. The zero-order valence-electron chi connectivity index (χ0n) is 17.4. The number of carbonyl (C=O) groups excluding carboxylic acids is 1. The molecule has 0 unspecified atom stereocenters. The Morgan fingerprint density at radius 1 is 1.32 bits per heavy atom. The molecule has 1 aromatic heterocycles. The number of phenols is 1. The van der Waals surface area contributed by atoms with E-state index in [9.17, 15) is 15.0 Å². The summed E-state index contributed by atoms with van der Waals surface area (Å²) < 4.78 is 11.5. The lowest BCUT2D eigenvalue weighted by Gasteiger charge is -2.62. The van der Waals surface area contributed by atoms with E-state index >= 15 is 0 Å². The van der Waals surface area contributed by atoms with Gasteiger partial charge in [-0.15, -0.1) is 0 Å². The van der Waals surface area contributed by atoms with Crippen molar-refractivity contribution in [2.75, 3.05) is 13.6 Å². The first kappa shape index (κ1) is 19.0. The Morgan fingerprint density at radius 2 is 2.19 bits per heavy atom. The van der Waals surface area contributed by atoms with Gasteiger partial charge in [-0.3, -0.25) is 4.79 Å². The summed E-state index contributed by atoms with van der Waals surface area (Å²) in [5.41, 5.74) is 1.31. The molecule has 4 aliphatic rings. The van der Waals surface area contributed by atoms with Crippen molar-refractivity contribution >= 4 is 12.0 Å². The van der Waals surface area contributed by atoms with Crippen molar-refractivity contribution in [1.29, 1.82) is 0 Å². The van der Waals surface area contributed by atoms with Crippen LogP contribution in [-0.4, -0.2) is 58.4 Å². The number of piperidine rings is 1. The van der Waals surface area contributed by atoms with Crippen LogP contribution in [0.5, 0.6) is 11.5 Å². The number of hydrogen-bond acceptors (Lipinski definition) is 6. The van der Waals surface area contributed by atoms with E-state index in [4.69, 9.17) is 9.15 Å². The lowest BCUT2D eigenvalue weighted by Crippen LogP contribution is -2.77. The summed E-state index contributed by atoms with van der Waals surface area (Å²) in [6.07, 6.45) is 8.65. The molecular weight excluding hydrogens is 396 g/mol. The van der Waals surface area contributed by atoms with Gasteiger partial charge in [0.25, 0.3) is 0 Å². The molecule has 0 radical (unpaired) electrons. The van der Waals surface area contributed by atoms with Gasteiger partial charge >= 0.3 is 0 Å². The predicted molar refractivity (Wildman–Crippen MR) is 113 cm³/mol. The average Bonchev–Trinajstić information content (AvgIpc) is 3.38. The van der Waals surface area contributed by atoms with Gasteiger partial charge in [-0.1, -0.05) is 6.07 Å². The third-order valence-corrected chi connectivity index (χ3v) is 8.06. The Bertz CT molecular complexity index is 1080. The van der Waals surface area contributed by atoms with Crippen molar-refractivity contribution in [3.63, 3.8) is 0 Å². The number of aromatic hydroxyl groups is 1. The van der Waals surface area contributed by atoms with Crippen LogP contribution in [0.25, 0.3) is 6.08 Å². The van der Waals surface area contributed by atoms with Gasteiger partial charge in [0.1, 0.15) is 6.10 Å². The van der Waals surface area contributed by atoms with Crippen LogP contribution in [0.4, 0.5) is 0 Å². The van der Waals surface area contributed by atoms with E-state index in [2.05, 4.69) is 5.32 Å². The summed E-state index contributed by atoms with van der Waals surface area (Å²) in [7, 11) is 1.79. The number of carbonyl (C=O) groups is 1. The number of nitrogens with one attached hydrogen (secondary N) is 1. The standard InChI is InChI=1S/C24H26N2O5/c1-26(19(28)5-2-14-7-11-30-13-14)16-6-8-24(29)18-12-15-3-4-17(27)21-20(15)23(24,9-10-25-18)22(16)31-21/h2-5,7,11,13,16,18,22,25,27,29H,6,8-10,12H2,1H3/b5-2+/t16-,18-,22+,23+,24-/m1/s1. The third-order valence-electron chi connectivity index (χ3n) is 8.06. The minimum atomic E-state index is -0.963. The van der Waals surface area contributed by atoms with Crippen molar-refractivity contribution in [2.45, 2.75) is 54.9 Å². The molecule has 1 amide bonds. The lowest BCUT2D eigenvalue weighted by atomic mass is 9.48. The van der Waals surface area contributed by atoms with Crippen LogP contribution < -0.4 is 10.1 Å². The number of ether oxygens (including phenoxy) is 1. The second kappa shape index (κ2) is 6.37. The molecule has 7 nitrogen and oxygen atoms in total. The first-order valence-corrected chi connectivity index (χ1v) is 10.9. The van der Waals surface area contributed by atoms with Gasteiger partial charge < -0.3 is 29.6 Å². The molecule has 1 saturated heterocycles. The van der Waals surface area contributed by atoms with E-state index in [1.165, 1.54) is 0 Å². The van der Waals surface area contributed by atoms with E-state index in [0.717, 1.165) is 23.2 Å². The topological polar surface area (TPSA) is 95.2 Å². The fraction of sp³-hybridized carbons (Fsp3) is 0.458. The van der Waals surface area contributed by atoms with Crippen molar-refractivity contribution in [2.24, 2.45) is 0 Å². The molecule has 2 aromatic rings. The highest BCUT2D eigenvalue weighted by atomic mass is 16.5. The van der Waals surface area contributed by atoms with Gasteiger partial charge in [-0.05, 0) is 56.0 Å². The molecule has 162 valence electrons. The van der Waals surface area contributed by atoms with Gasteiger partial charge in [0.15, 0.2) is 11.5 Å². The monoisotopic (exact) mass is 422 g/mol. The minimum Gasteiger partial charge on any atom is -0.504 e. The van der Waals surface area contributed by atoms with Crippen LogP contribution >= 0.6 is 0 Å². The van der Waals surface area contributed by atoms with Crippen LogP contribution in [0.3, 0.4) is 0 Å². The Labute approximate surface area is 180 Å². The van der Waals surface area contributed by atoms with Crippen LogP contribution in [0, 0.1) is 0 Å². The SMILES string of the molecule is CN(C(=O)/C=C/c1ccoc1)[C@@H]1CC[C@@]2(O)[C@H]3Cc4ccc(O)c5c4[C@@]2(CCN3)[C@H]1O5. The molecule has 1 aromatic carbocycles. The second-order valence-electron chi connectivity index (χ2n) is 9.29. The number of furan rings is 1. The van der Waals surface area contributed by atoms with Crippen molar-refractivity contribution in [3.05, 3.63) is 53.5 Å². The smallest absolute Gasteiger partial charge is 0.246 e. The van der Waals surface area contributed by atoms with Gasteiger partial charge in [0, 0.05) is 30.3 Å². The molecule has 1 saturated carbocycles. The fourth-order valence-corrected chi connectivity index (χ4v) is 6.63. The summed E-state index contributed by atoms with van der Waals surface area (Å²) in [6, 6.07) is 5.16. The molecule has 1 spiro atoms. The molecule has 6 rings (SSSR count). The second-order valence-corrected chi connectivity index (χ2v) is 9.29. The van der Waals surface area contributed by atoms with Crippen molar-refractivity contribution < 1.29 is 24.2 Å². The van der Waals surface area contributed by atoms with E-state index < -0.39 is 17.1 Å². The third kappa shape index (κ3) is 2.33. The average molecular weight is 422 g/mol. The molecule has 2 fully saturated rings. The fourth-order valence-electron chi connectivity index (χ4n) is 6.63. The maximum Gasteiger partial charge on any atom is 0.246 e. The van der Waals surface area contributed by atoms with E-state index in [-0.39, 0.29) is 23.7 Å². The molecule has 7 heteroatoms. The Morgan fingerprint density at radius 3 is 3.00 bits per heavy atom. The van der Waals surface area contributed by atoms with Crippen LogP contribution in [0.15, 0.2) is 41.2 Å². The summed E-state index contributed by atoms with van der Waals surface area (Å²) in [5, 5.41) is 26.1. The lowest BCUT2D eigenvalue weighted by molar-refractivity contribution is -0.171. The van der Waals surface area contributed by atoms with Crippen molar-refractivity contribution in [1.82, 2.24) is 10.2 Å². The maximum absolute atomic E-state index is 13.0. The van der Waals surface area contributed by atoms with Gasteiger partial charge in [0.05, 0.1) is 29.6 Å². The number of phenolic OH excluding ortho intramolecular Hbond substituents is 1. The highest BCUT2D eigenvalue weighted by Crippen LogP contribution is 2.64. The normalized spacial score (nSPS) is 35.0. The molecule has 2 bridgehead atoms. The minimum absolute atomic E-state index is 0.0571. The molecule has 3 heterocycles. The molecule has 2 aliphatic carbocycles. The van der Waals surface area contributed by atoms with Crippen LogP contribution in [-0.2, 0) is 16.6 Å². The Kier molecular flexibility index (Phi) is 3.90. The van der Waals surface area contributed by atoms with Crippen LogP contribution in [0.1, 0.15) is 36.0 Å². The summed E-state index contributed by atoms with van der Waals surface area (Å²) >= 11 is 0. The molecule has 31 heavy (non-hydrogen) atoms. The first-order valence-electron chi connectivity index (χ1n) is 10.9. The van der Waals surface area contributed by atoms with Gasteiger partial charge in [-0.2, -0.15) is 0 Å². The maximum atomic E-state index is 13.0. The highest BCUT2D eigenvalue weighted by Gasteiger charge is 2.72. The quantitative estimate of drug-likeness (QED) is 0.655. The van der Waals surface area contributed by atoms with Gasteiger partial charge in [0.2, 0.25) is 5.91 Å². The summed E-state index contributed by atoms with van der Waals surface area (Å²) in [5.74, 6) is 0.468. The number of rotatable bonds is 3. The predicted octanol–water partition coefficient (Wildman–Crippen LogP) is 1.97.